The minimum absolute atomic E-state index is 0.0239. The summed E-state index contributed by atoms with van der Waals surface area (Å²) in [6.45, 7) is 0.451. The number of rotatable bonds is 6. The first-order chi connectivity index (χ1) is 8.19. The zero-order valence-corrected chi connectivity index (χ0v) is 10.6. The molecule has 1 amide bonds. The van der Waals surface area contributed by atoms with E-state index < -0.39 is 0 Å². The van der Waals surface area contributed by atoms with E-state index in [1.54, 1.807) is 12.0 Å². The number of nitrogens with zero attached hydrogens (tertiary/aromatic N) is 1. The number of amides is 1. The smallest absolute Gasteiger partial charge is 0.325 e. The summed E-state index contributed by atoms with van der Waals surface area (Å²) in [6, 6.07) is 0.193. The van der Waals surface area contributed by atoms with E-state index in [1.807, 2.05) is 0 Å². The lowest BCUT2D eigenvalue weighted by Crippen LogP contribution is -2.42. The molecule has 5 nitrogen and oxygen atoms in total. The van der Waals surface area contributed by atoms with Crippen molar-refractivity contribution in [2.75, 3.05) is 27.4 Å². The molecule has 0 atom stereocenters. The molecule has 1 fully saturated rings. The normalized spacial score (nSPS) is 15.9. The third-order valence-corrected chi connectivity index (χ3v) is 3.13. The molecule has 1 aliphatic carbocycles. The van der Waals surface area contributed by atoms with Crippen molar-refractivity contribution in [1.29, 1.82) is 0 Å². The third kappa shape index (κ3) is 4.34. The van der Waals surface area contributed by atoms with Crippen LogP contribution in [-0.4, -0.2) is 50.2 Å². The van der Waals surface area contributed by atoms with Crippen molar-refractivity contribution >= 4 is 11.9 Å². The molecule has 0 bridgehead atoms. The third-order valence-electron chi connectivity index (χ3n) is 3.13. The lowest BCUT2D eigenvalue weighted by atomic mass is 10.2. The summed E-state index contributed by atoms with van der Waals surface area (Å²) < 4.78 is 9.52. The highest BCUT2D eigenvalue weighted by atomic mass is 16.5. The van der Waals surface area contributed by atoms with Gasteiger partial charge in [-0.3, -0.25) is 9.59 Å². The summed E-state index contributed by atoms with van der Waals surface area (Å²) in [7, 11) is 2.91. The molecule has 0 aliphatic heterocycles. The second-order valence-corrected chi connectivity index (χ2v) is 4.28. The summed E-state index contributed by atoms with van der Waals surface area (Å²) in [4.78, 5) is 24.9. The van der Waals surface area contributed by atoms with Gasteiger partial charge in [0.15, 0.2) is 0 Å². The molecule has 5 heteroatoms. The Labute approximate surface area is 102 Å². The predicted molar refractivity (Wildman–Crippen MR) is 62.5 cm³/mol. The van der Waals surface area contributed by atoms with E-state index in [4.69, 9.17) is 4.74 Å². The van der Waals surface area contributed by atoms with E-state index in [0.717, 1.165) is 25.7 Å². The molecule has 0 aromatic rings. The lowest BCUT2D eigenvalue weighted by Gasteiger charge is -2.27. The first-order valence-electron chi connectivity index (χ1n) is 6.04. The van der Waals surface area contributed by atoms with Crippen molar-refractivity contribution in [3.05, 3.63) is 0 Å². The van der Waals surface area contributed by atoms with E-state index in [-0.39, 0.29) is 24.5 Å². The maximum atomic E-state index is 12.0. The maximum Gasteiger partial charge on any atom is 0.325 e. The highest BCUT2D eigenvalue weighted by Crippen LogP contribution is 2.23. The van der Waals surface area contributed by atoms with Crippen LogP contribution in [0, 0.1) is 0 Å². The van der Waals surface area contributed by atoms with Gasteiger partial charge in [0.1, 0.15) is 6.54 Å². The number of ether oxygens (including phenoxy) is 2. The molecular formula is C12H21NO4. The van der Waals surface area contributed by atoms with E-state index in [2.05, 4.69) is 4.74 Å². The van der Waals surface area contributed by atoms with Gasteiger partial charge >= 0.3 is 5.97 Å². The van der Waals surface area contributed by atoms with E-state index in [9.17, 15) is 9.59 Å². The zero-order chi connectivity index (χ0) is 12.7. The Balaban J connectivity index is 2.56. The minimum Gasteiger partial charge on any atom is -0.468 e. The Kier molecular flexibility index (Phi) is 5.97. The van der Waals surface area contributed by atoms with Gasteiger partial charge in [-0.2, -0.15) is 0 Å². The van der Waals surface area contributed by atoms with Crippen LogP contribution >= 0.6 is 0 Å². The van der Waals surface area contributed by atoms with Crippen LogP contribution in [0.5, 0.6) is 0 Å². The van der Waals surface area contributed by atoms with Gasteiger partial charge in [0.05, 0.1) is 20.1 Å². The van der Waals surface area contributed by atoms with Crippen molar-refractivity contribution in [1.82, 2.24) is 4.90 Å². The van der Waals surface area contributed by atoms with E-state index in [1.165, 1.54) is 7.11 Å². The highest BCUT2D eigenvalue weighted by molar-refractivity contribution is 5.82. The van der Waals surface area contributed by atoms with Crippen LogP contribution in [0.4, 0.5) is 0 Å². The largest absolute Gasteiger partial charge is 0.468 e. The molecule has 0 N–H and O–H groups in total. The Bertz CT molecular complexity index is 261. The number of methoxy groups -OCH3 is 2. The van der Waals surface area contributed by atoms with Crippen LogP contribution in [0.15, 0.2) is 0 Å². The Hall–Kier alpha value is -1.10. The van der Waals surface area contributed by atoms with Gasteiger partial charge in [0, 0.05) is 13.2 Å². The summed E-state index contributed by atoms with van der Waals surface area (Å²) in [5, 5.41) is 0. The van der Waals surface area contributed by atoms with Crippen molar-refractivity contribution in [3.8, 4) is 0 Å². The Morgan fingerprint density at radius 2 is 1.88 bits per heavy atom. The maximum absolute atomic E-state index is 12.0. The van der Waals surface area contributed by atoms with Crippen LogP contribution in [0.2, 0.25) is 0 Å². The van der Waals surface area contributed by atoms with Crippen LogP contribution < -0.4 is 0 Å². The molecule has 0 heterocycles. The minimum atomic E-state index is -0.359. The number of hydrogen-bond donors (Lipinski definition) is 0. The molecule has 0 spiro atoms. The summed E-state index contributed by atoms with van der Waals surface area (Å²) >= 11 is 0. The van der Waals surface area contributed by atoms with Gasteiger partial charge in [-0.1, -0.05) is 12.8 Å². The predicted octanol–water partition coefficient (Wildman–Crippen LogP) is 0.967. The molecular weight excluding hydrogens is 222 g/mol. The second-order valence-electron chi connectivity index (χ2n) is 4.28. The molecule has 0 unspecified atom stereocenters. The molecule has 0 radical (unpaired) electrons. The van der Waals surface area contributed by atoms with Crippen molar-refractivity contribution in [2.24, 2.45) is 0 Å². The lowest BCUT2D eigenvalue weighted by molar-refractivity contribution is -0.148. The standard InChI is InChI=1S/C12H21NO4/c1-16-8-7-11(14)13(9-12(15)17-2)10-5-3-4-6-10/h10H,3-9H2,1-2H3. The van der Waals surface area contributed by atoms with E-state index >= 15 is 0 Å². The Morgan fingerprint density at radius 3 is 2.41 bits per heavy atom. The number of hydrogen-bond acceptors (Lipinski definition) is 4. The van der Waals surface area contributed by atoms with Crippen LogP contribution in [-0.2, 0) is 19.1 Å². The van der Waals surface area contributed by atoms with Gasteiger partial charge in [-0.15, -0.1) is 0 Å². The summed E-state index contributed by atoms with van der Waals surface area (Å²) in [5.41, 5.74) is 0. The number of esters is 1. The molecule has 17 heavy (non-hydrogen) atoms. The Morgan fingerprint density at radius 1 is 1.24 bits per heavy atom. The first-order valence-corrected chi connectivity index (χ1v) is 6.04. The topological polar surface area (TPSA) is 55.8 Å². The summed E-state index contributed by atoms with van der Waals surface area (Å²) in [6.07, 6.45) is 4.54. The van der Waals surface area contributed by atoms with Gasteiger partial charge in [-0.05, 0) is 12.8 Å². The average Bonchev–Trinajstić information content (AvgIpc) is 2.86. The van der Waals surface area contributed by atoms with Crippen molar-refractivity contribution < 1.29 is 19.1 Å². The summed E-state index contributed by atoms with van der Waals surface area (Å²) in [5.74, 6) is -0.383. The molecule has 0 aromatic heterocycles. The molecule has 1 aliphatic rings. The van der Waals surface area contributed by atoms with Crippen LogP contribution in [0.25, 0.3) is 0 Å². The van der Waals surface area contributed by atoms with Gasteiger partial charge in [0.2, 0.25) is 5.91 Å². The van der Waals surface area contributed by atoms with Gasteiger partial charge < -0.3 is 14.4 Å². The average molecular weight is 243 g/mol. The second kappa shape index (κ2) is 7.27. The molecule has 0 saturated heterocycles. The number of carbonyl (C=O) groups is 2. The first kappa shape index (κ1) is 14.0. The van der Waals surface area contributed by atoms with Crippen LogP contribution in [0.1, 0.15) is 32.1 Å². The molecule has 0 aromatic carbocycles. The van der Waals surface area contributed by atoms with Crippen molar-refractivity contribution in [3.63, 3.8) is 0 Å². The fourth-order valence-electron chi connectivity index (χ4n) is 2.17. The van der Waals surface area contributed by atoms with E-state index in [0.29, 0.717) is 13.0 Å². The fraction of sp³-hybridized carbons (Fsp3) is 0.833. The SMILES string of the molecule is COCCC(=O)N(CC(=O)OC)C1CCCC1. The van der Waals surface area contributed by atoms with Crippen LogP contribution in [0.3, 0.4) is 0 Å². The zero-order valence-electron chi connectivity index (χ0n) is 10.6. The molecule has 98 valence electrons. The molecule has 1 saturated carbocycles. The van der Waals surface area contributed by atoms with Crippen molar-refractivity contribution in [2.45, 2.75) is 38.1 Å². The fourth-order valence-corrected chi connectivity index (χ4v) is 2.17. The quantitative estimate of drug-likeness (QED) is 0.652. The molecule has 1 rings (SSSR count). The monoisotopic (exact) mass is 243 g/mol. The van der Waals surface area contributed by atoms with Gasteiger partial charge in [-0.25, -0.2) is 0 Å². The van der Waals surface area contributed by atoms with Gasteiger partial charge in [0.25, 0.3) is 0 Å². The number of carbonyl (C=O) groups excluding carboxylic acids is 2. The highest BCUT2D eigenvalue weighted by Gasteiger charge is 2.28.